The zero-order valence-electron chi connectivity index (χ0n) is 9.49. The maximum atomic E-state index is 12.1. The lowest BCUT2D eigenvalue weighted by Gasteiger charge is -2.23. The summed E-state index contributed by atoms with van der Waals surface area (Å²) in [4.78, 5) is 13.9. The molecule has 0 saturated carbocycles. The third-order valence-electron chi connectivity index (χ3n) is 2.96. The Balaban J connectivity index is 0.00000128. The second-order valence-corrected chi connectivity index (χ2v) is 3.97. The number of aryl methyl sites for hydroxylation is 1. The Hall–Kier alpha value is -1.07. The maximum Gasteiger partial charge on any atom is 0.257 e. The number of nitrogens with zero attached hydrogens (tertiary/aromatic N) is 2. The summed E-state index contributed by atoms with van der Waals surface area (Å²) in [5.74, 6) is 0.0509. The van der Waals surface area contributed by atoms with Gasteiger partial charge in [0.25, 0.3) is 5.91 Å². The van der Waals surface area contributed by atoms with Gasteiger partial charge in [0, 0.05) is 25.3 Å². The molecule has 1 aliphatic rings. The van der Waals surface area contributed by atoms with Gasteiger partial charge in [0.15, 0.2) is 0 Å². The van der Waals surface area contributed by atoms with Gasteiger partial charge in [-0.1, -0.05) is 0 Å². The molecule has 2 heterocycles. The van der Waals surface area contributed by atoms with E-state index in [2.05, 4.69) is 15.5 Å². The number of rotatable bonds is 2. The highest BCUT2D eigenvalue weighted by Gasteiger charge is 2.25. The van der Waals surface area contributed by atoms with Gasteiger partial charge in [0.05, 0.1) is 11.8 Å². The first kappa shape index (κ1) is 13.0. The van der Waals surface area contributed by atoms with Crippen LogP contribution in [-0.2, 0) is 0 Å². The monoisotopic (exact) mass is 244 g/mol. The van der Waals surface area contributed by atoms with Crippen LogP contribution in [0.2, 0.25) is 0 Å². The molecule has 6 heteroatoms. The van der Waals surface area contributed by atoms with Crippen molar-refractivity contribution in [3.63, 3.8) is 0 Å². The van der Waals surface area contributed by atoms with Gasteiger partial charge in [-0.05, 0) is 19.9 Å². The second kappa shape index (κ2) is 5.32. The lowest BCUT2D eigenvalue weighted by Crippen LogP contribution is -2.38. The van der Waals surface area contributed by atoms with Crippen molar-refractivity contribution in [3.05, 3.63) is 17.5 Å². The van der Waals surface area contributed by atoms with Crippen molar-refractivity contribution < 1.29 is 4.79 Å². The van der Waals surface area contributed by atoms with E-state index in [9.17, 15) is 4.79 Å². The topological polar surface area (TPSA) is 61.0 Å². The summed E-state index contributed by atoms with van der Waals surface area (Å²) in [6.45, 7) is 3.74. The van der Waals surface area contributed by atoms with Crippen LogP contribution in [0.1, 0.15) is 22.5 Å². The Bertz CT molecular complexity index is 359. The number of halogens is 1. The van der Waals surface area contributed by atoms with Gasteiger partial charge in [-0.3, -0.25) is 9.89 Å². The van der Waals surface area contributed by atoms with Crippen molar-refractivity contribution in [2.45, 2.75) is 19.4 Å². The van der Waals surface area contributed by atoms with E-state index in [1.54, 1.807) is 11.1 Å². The largest absolute Gasteiger partial charge is 0.337 e. The number of nitrogens with one attached hydrogen (secondary N) is 2. The van der Waals surface area contributed by atoms with Crippen molar-refractivity contribution in [1.29, 1.82) is 0 Å². The highest BCUT2D eigenvalue weighted by Crippen LogP contribution is 2.12. The van der Waals surface area contributed by atoms with E-state index >= 15 is 0 Å². The molecule has 1 fully saturated rings. The third-order valence-corrected chi connectivity index (χ3v) is 2.96. The zero-order valence-corrected chi connectivity index (χ0v) is 10.3. The minimum atomic E-state index is 0. The molecule has 5 nitrogen and oxygen atoms in total. The van der Waals surface area contributed by atoms with Crippen LogP contribution in [0, 0.1) is 6.92 Å². The highest BCUT2D eigenvalue weighted by atomic mass is 35.5. The molecule has 16 heavy (non-hydrogen) atoms. The minimum absolute atomic E-state index is 0. The van der Waals surface area contributed by atoms with Crippen LogP contribution >= 0.6 is 12.4 Å². The van der Waals surface area contributed by atoms with Gasteiger partial charge < -0.3 is 10.2 Å². The molecule has 1 aliphatic heterocycles. The van der Waals surface area contributed by atoms with Gasteiger partial charge in [-0.2, -0.15) is 5.10 Å². The predicted octanol–water partition coefficient (Wildman–Crippen LogP) is 0.574. The number of carbonyl (C=O) groups excluding carboxylic acids is 1. The smallest absolute Gasteiger partial charge is 0.257 e. The molecule has 0 aliphatic carbocycles. The van der Waals surface area contributed by atoms with E-state index in [1.807, 2.05) is 14.0 Å². The number of hydrogen-bond donors (Lipinski definition) is 2. The number of aromatic nitrogens is 2. The van der Waals surface area contributed by atoms with Crippen LogP contribution in [0.15, 0.2) is 6.20 Å². The molecule has 1 atom stereocenters. The van der Waals surface area contributed by atoms with E-state index in [1.165, 1.54) is 0 Å². The molecule has 0 aromatic carbocycles. The van der Waals surface area contributed by atoms with E-state index in [4.69, 9.17) is 0 Å². The number of H-pyrrole nitrogens is 1. The average molecular weight is 245 g/mol. The average Bonchev–Trinajstić information content (AvgIpc) is 2.85. The predicted molar refractivity (Wildman–Crippen MR) is 63.9 cm³/mol. The van der Waals surface area contributed by atoms with Gasteiger partial charge in [-0.25, -0.2) is 0 Å². The summed E-state index contributed by atoms with van der Waals surface area (Å²) < 4.78 is 0. The fourth-order valence-corrected chi connectivity index (χ4v) is 1.89. The molecular weight excluding hydrogens is 228 g/mol. The van der Waals surface area contributed by atoms with Gasteiger partial charge in [-0.15, -0.1) is 12.4 Å². The Morgan fingerprint density at radius 1 is 1.62 bits per heavy atom. The molecule has 1 amide bonds. The number of carbonyl (C=O) groups is 1. The molecule has 0 spiro atoms. The highest BCUT2D eigenvalue weighted by molar-refractivity contribution is 5.95. The fourth-order valence-electron chi connectivity index (χ4n) is 1.89. The van der Waals surface area contributed by atoms with Crippen LogP contribution in [0.3, 0.4) is 0 Å². The van der Waals surface area contributed by atoms with Crippen molar-refractivity contribution in [2.24, 2.45) is 0 Å². The Morgan fingerprint density at radius 3 is 2.88 bits per heavy atom. The van der Waals surface area contributed by atoms with Gasteiger partial charge in [0.2, 0.25) is 0 Å². The molecule has 1 aromatic rings. The normalized spacial score (nSPS) is 19.2. The Labute approximate surface area is 101 Å². The van der Waals surface area contributed by atoms with E-state index in [0.717, 1.165) is 25.2 Å². The molecule has 0 radical (unpaired) electrons. The van der Waals surface area contributed by atoms with Crippen LogP contribution in [0.5, 0.6) is 0 Å². The summed E-state index contributed by atoms with van der Waals surface area (Å²) in [5.41, 5.74) is 1.50. The summed E-state index contributed by atoms with van der Waals surface area (Å²) in [6.07, 6.45) is 2.62. The van der Waals surface area contributed by atoms with E-state index in [0.29, 0.717) is 11.6 Å². The third kappa shape index (κ3) is 2.36. The number of hydrogen-bond acceptors (Lipinski definition) is 3. The van der Waals surface area contributed by atoms with Crippen LogP contribution in [-0.4, -0.2) is 47.2 Å². The van der Waals surface area contributed by atoms with Crippen LogP contribution in [0.4, 0.5) is 0 Å². The quantitative estimate of drug-likeness (QED) is 0.800. The first-order valence-corrected chi connectivity index (χ1v) is 5.18. The molecule has 1 saturated heterocycles. The van der Waals surface area contributed by atoms with Crippen LogP contribution < -0.4 is 5.32 Å². The summed E-state index contributed by atoms with van der Waals surface area (Å²) in [5, 5.41) is 9.90. The molecule has 0 bridgehead atoms. The van der Waals surface area contributed by atoms with E-state index in [-0.39, 0.29) is 18.3 Å². The number of aromatic amines is 1. The summed E-state index contributed by atoms with van der Waals surface area (Å²) in [7, 11) is 1.85. The minimum Gasteiger partial charge on any atom is -0.337 e. The van der Waals surface area contributed by atoms with E-state index < -0.39 is 0 Å². The zero-order chi connectivity index (χ0) is 10.8. The first-order chi connectivity index (χ1) is 7.20. The lowest BCUT2D eigenvalue weighted by atomic mass is 10.2. The molecule has 90 valence electrons. The van der Waals surface area contributed by atoms with Gasteiger partial charge in [0.1, 0.15) is 0 Å². The number of amides is 1. The molecule has 1 unspecified atom stereocenters. The SMILES string of the molecule is Cc1[nH]ncc1C(=O)N(C)C1CCNC1.Cl. The van der Waals surface area contributed by atoms with Crippen molar-refractivity contribution >= 4 is 18.3 Å². The molecule has 1 aromatic heterocycles. The summed E-state index contributed by atoms with van der Waals surface area (Å²) >= 11 is 0. The molecule has 2 N–H and O–H groups in total. The Morgan fingerprint density at radius 2 is 2.38 bits per heavy atom. The molecule has 2 rings (SSSR count). The molecular formula is C10H17ClN4O. The standard InChI is InChI=1S/C10H16N4O.ClH/c1-7-9(6-12-13-7)10(15)14(2)8-3-4-11-5-8;/h6,8,11H,3-5H2,1-2H3,(H,12,13);1H. The van der Waals surface area contributed by atoms with Crippen molar-refractivity contribution in [2.75, 3.05) is 20.1 Å². The Kier molecular flexibility index (Phi) is 4.32. The summed E-state index contributed by atoms with van der Waals surface area (Å²) in [6, 6.07) is 0.312. The fraction of sp³-hybridized carbons (Fsp3) is 0.600. The first-order valence-electron chi connectivity index (χ1n) is 5.18. The maximum absolute atomic E-state index is 12.1. The number of likely N-dealkylation sites (N-methyl/N-ethyl adjacent to an activating group) is 1. The second-order valence-electron chi connectivity index (χ2n) is 3.97. The van der Waals surface area contributed by atoms with Gasteiger partial charge >= 0.3 is 0 Å². The van der Waals surface area contributed by atoms with Crippen molar-refractivity contribution in [3.8, 4) is 0 Å². The van der Waals surface area contributed by atoms with Crippen LogP contribution in [0.25, 0.3) is 0 Å². The lowest BCUT2D eigenvalue weighted by molar-refractivity contribution is 0.0743. The van der Waals surface area contributed by atoms with Crippen molar-refractivity contribution in [1.82, 2.24) is 20.4 Å².